The fraction of sp³-hybridized carbons (Fsp3) is 0.571. The molecule has 0 fully saturated rings. The zero-order chi connectivity index (χ0) is 13.9. The molecule has 1 heterocycles. The minimum Gasteiger partial charge on any atom is -0.478 e. The van der Waals surface area contributed by atoms with Gasteiger partial charge in [-0.3, -0.25) is 0 Å². The van der Waals surface area contributed by atoms with Crippen LogP contribution in [-0.2, 0) is 0 Å². The number of rotatable bonds is 5. The van der Waals surface area contributed by atoms with Crippen LogP contribution in [-0.4, -0.2) is 29.1 Å². The Morgan fingerprint density at radius 2 is 2.00 bits per heavy atom. The number of aromatic nitrogens is 1. The number of pyridine rings is 1. The molecule has 4 nitrogen and oxygen atoms in total. The number of anilines is 1. The van der Waals surface area contributed by atoms with Crippen molar-refractivity contribution < 1.29 is 9.90 Å². The normalized spacial score (nSPS) is 12.6. The van der Waals surface area contributed by atoms with Gasteiger partial charge in [-0.25, -0.2) is 9.78 Å². The molecule has 0 aromatic carbocycles. The van der Waals surface area contributed by atoms with E-state index < -0.39 is 5.97 Å². The third-order valence-corrected chi connectivity index (χ3v) is 3.05. The van der Waals surface area contributed by atoms with Crippen LogP contribution in [0.5, 0.6) is 0 Å². The second-order valence-electron chi connectivity index (χ2n) is 5.22. The van der Waals surface area contributed by atoms with Gasteiger partial charge in [0.15, 0.2) is 0 Å². The van der Waals surface area contributed by atoms with Gasteiger partial charge in [0.25, 0.3) is 0 Å². The number of nitrogens with zero attached hydrogens (tertiary/aromatic N) is 2. The van der Waals surface area contributed by atoms with Crippen LogP contribution < -0.4 is 4.90 Å². The lowest BCUT2D eigenvalue weighted by molar-refractivity contribution is 0.0697. The molecule has 1 rings (SSSR count). The number of hydrogen-bond donors (Lipinski definition) is 1. The van der Waals surface area contributed by atoms with Gasteiger partial charge in [-0.1, -0.05) is 13.8 Å². The molecular weight excluding hydrogens is 228 g/mol. The Balaban J connectivity index is 3.06. The zero-order valence-electron chi connectivity index (χ0n) is 11.8. The number of aryl methyl sites for hydroxylation is 1. The lowest BCUT2D eigenvalue weighted by atomic mass is 10.0. The summed E-state index contributed by atoms with van der Waals surface area (Å²) < 4.78 is 0. The van der Waals surface area contributed by atoms with E-state index in [2.05, 4.69) is 25.8 Å². The Morgan fingerprint density at radius 3 is 2.50 bits per heavy atom. The van der Waals surface area contributed by atoms with Crippen LogP contribution in [0.25, 0.3) is 0 Å². The molecule has 1 aromatic heterocycles. The van der Waals surface area contributed by atoms with Crippen LogP contribution in [0.1, 0.15) is 43.2 Å². The average molecular weight is 250 g/mol. The first kappa shape index (κ1) is 14.5. The maximum atomic E-state index is 11.2. The van der Waals surface area contributed by atoms with Crippen molar-refractivity contribution in [3.8, 4) is 0 Å². The second-order valence-corrected chi connectivity index (χ2v) is 5.22. The van der Waals surface area contributed by atoms with E-state index in [1.54, 1.807) is 12.1 Å². The van der Waals surface area contributed by atoms with E-state index >= 15 is 0 Å². The van der Waals surface area contributed by atoms with Crippen molar-refractivity contribution in [3.63, 3.8) is 0 Å². The Hall–Kier alpha value is -1.58. The summed E-state index contributed by atoms with van der Waals surface area (Å²) in [4.78, 5) is 17.5. The molecule has 4 heteroatoms. The van der Waals surface area contributed by atoms with Crippen LogP contribution in [0.4, 0.5) is 5.82 Å². The molecule has 100 valence electrons. The predicted molar refractivity (Wildman–Crippen MR) is 73.3 cm³/mol. The van der Waals surface area contributed by atoms with Gasteiger partial charge in [-0.15, -0.1) is 0 Å². The standard InChI is InChI=1S/C14H22N2O2/c1-9(2)8-11(4)16(5)13-12(14(17)18)7-6-10(3)15-13/h6-7,9,11H,8H2,1-5H3,(H,17,18). The van der Waals surface area contributed by atoms with Gasteiger partial charge >= 0.3 is 5.97 Å². The van der Waals surface area contributed by atoms with Crippen LogP contribution >= 0.6 is 0 Å². The van der Waals surface area contributed by atoms with Gasteiger partial charge < -0.3 is 10.0 Å². The number of carboxylic acid groups (broad SMARTS) is 1. The molecule has 0 saturated heterocycles. The summed E-state index contributed by atoms with van der Waals surface area (Å²) in [7, 11) is 1.90. The largest absolute Gasteiger partial charge is 0.478 e. The van der Waals surface area contributed by atoms with Gasteiger partial charge in [0.05, 0.1) is 0 Å². The number of carbonyl (C=O) groups is 1. The molecule has 1 unspecified atom stereocenters. The Kier molecular flexibility index (Phi) is 4.70. The van der Waals surface area contributed by atoms with Crippen molar-refractivity contribution in [2.45, 2.75) is 40.2 Å². The first-order valence-corrected chi connectivity index (χ1v) is 6.26. The van der Waals surface area contributed by atoms with Crippen LogP contribution in [0.2, 0.25) is 0 Å². The summed E-state index contributed by atoms with van der Waals surface area (Å²) in [5.41, 5.74) is 1.09. The molecule has 0 saturated carbocycles. The van der Waals surface area contributed by atoms with E-state index in [-0.39, 0.29) is 11.6 Å². The summed E-state index contributed by atoms with van der Waals surface area (Å²) in [5, 5.41) is 9.20. The summed E-state index contributed by atoms with van der Waals surface area (Å²) >= 11 is 0. The highest BCUT2D eigenvalue weighted by atomic mass is 16.4. The van der Waals surface area contributed by atoms with Gasteiger partial charge in [-0.2, -0.15) is 0 Å². The lowest BCUT2D eigenvalue weighted by Crippen LogP contribution is -2.32. The molecule has 0 spiro atoms. The van der Waals surface area contributed by atoms with Crippen LogP contribution in [0.3, 0.4) is 0 Å². The lowest BCUT2D eigenvalue weighted by Gasteiger charge is -2.28. The predicted octanol–water partition coefficient (Wildman–Crippen LogP) is 2.96. The highest BCUT2D eigenvalue weighted by Gasteiger charge is 2.19. The first-order valence-electron chi connectivity index (χ1n) is 6.26. The third-order valence-electron chi connectivity index (χ3n) is 3.05. The molecule has 0 aliphatic carbocycles. The maximum Gasteiger partial charge on any atom is 0.339 e. The van der Waals surface area contributed by atoms with Crippen molar-refractivity contribution >= 4 is 11.8 Å². The topological polar surface area (TPSA) is 53.4 Å². The quantitative estimate of drug-likeness (QED) is 0.873. The van der Waals surface area contributed by atoms with Gasteiger partial charge in [-0.05, 0) is 38.3 Å². The fourth-order valence-corrected chi connectivity index (χ4v) is 2.03. The number of aromatic carboxylic acids is 1. The van der Waals surface area contributed by atoms with Gasteiger partial charge in [0.2, 0.25) is 0 Å². The van der Waals surface area contributed by atoms with Crippen molar-refractivity contribution in [3.05, 3.63) is 23.4 Å². The van der Waals surface area contributed by atoms with Crippen LogP contribution in [0.15, 0.2) is 12.1 Å². The van der Waals surface area contributed by atoms with E-state index in [4.69, 9.17) is 0 Å². The van der Waals surface area contributed by atoms with Crippen molar-refractivity contribution in [2.75, 3.05) is 11.9 Å². The molecule has 1 aromatic rings. The fourth-order valence-electron chi connectivity index (χ4n) is 2.03. The van der Waals surface area contributed by atoms with Crippen molar-refractivity contribution in [1.82, 2.24) is 4.98 Å². The summed E-state index contributed by atoms with van der Waals surface area (Å²) in [6.07, 6.45) is 1.01. The van der Waals surface area contributed by atoms with E-state index in [1.165, 1.54) is 0 Å². The number of carboxylic acids is 1. The van der Waals surface area contributed by atoms with E-state index in [1.807, 2.05) is 18.9 Å². The maximum absolute atomic E-state index is 11.2. The third kappa shape index (κ3) is 3.45. The summed E-state index contributed by atoms with van der Waals surface area (Å²) in [6, 6.07) is 3.62. The Labute approximate surface area is 109 Å². The van der Waals surface area contributed by atoms with E-state index in [9.17, 15) is 9.90 Å². The number of hydrogen-bond acceptors (Lipinski definition) is 3. The molecule has 0 aliphatic heterocycles. The molecule has 1 atom stereocenters. The van der Waals surface area contributed by atoms with E-state index in [0.29, 0.717) is 11.7 Å². The molecule has 1 N–H and O–H groups in total. The highest BCUT2D eigenvalue weighted by molar-refractivity contribution is 5.93. The molecule has 0 bridgehead atoms. The van der Waals surface area contributed by atoms with Gasteiger partial charge in [0.1, 0.15) is 11.4 Å². The molecule has 0 amide bonds. The summed E-state index contributed by atoms with van der Waals surface area (Å²) in [5.74, 6) is 0.192. The smallest absolute Gasteiger partial charge is 0.339 e. The Morgan fingerprint density at radius 1 is 1.39 bits per heavy atom. The Bertz CT molecular complexity index is 430. The monoisotopic (exact) mass is 250 g/mol. The molecule has 0 aliphatic rings. The van der Waals surface area contributed by atoms with Crippen LogP contribution in [0, 0.1) is 12.8 Å². The highest BCUT2D eigenvalue weighted by Crippen LogP contribution is 2.22. The average Bonchev–Trinajstić information content (AvgIpc) is 2.26. The van der Waals surface area contributed by atoms with Crippen molar-refractivity contribution in [1.29, 1.82) is 0 Å². The van der Waals surface area contributed by atoms with Gasteiger partial charge in [0, 0.05) is 18.8 Å². The van der Waals surface area contributed by atoms with Crippen molar-refractivity contribution in [2.24, 2.45) is 5.92 Å². The van der Waals surface area contributed by atoms with E-state index in [0.717, 1.165) is 12.1 Å². The molecule has 0 radical (unpaired) electrons. The SMILES string of the molecule is Cc1ccc(C(=O)O)c(N(C)C(C)CC(C)C)n1. The first-order chi connectivity index (χ1) is 8.32. The second kappa shape index (κ2) is 5.85. The molecule has 18 heavy (non-hydrogen) atoms. The molecular formula is C14H22N2O2. The zero-order valence-corrected chi connectivity index (χ0v) is 11.8. The minimum absolute atomic E-state index is 0.261. The minimum atomic E-state index is -0.930. The summed E-state index contributed by atoms with van der Waals surface area (Å²) in [6.45, 7) is 8.28.